The Balaban J connectivity index is 1.58. The minimum atomic E-state index is -4.71. The second-order valence-electron chi connectivity index (χ2n) is 7.08. The number of hydrogen-bond acceptors (Lipinski definition) is 4. The number of hydrogen-bond donors (Lipinski definition) is 0. The number of ether oxygens (including phenoxy) is 1. The normalized spacial score (nSPS) is 11.2. The molecule has 1 aromatic heterocycles. The molecule has 1 heterocycles. The Bertz CT molecular complexity index is 1220. The van der Waals surface area contributed by atoms with Gasteiger partial charge in [-0.25, -0.2) is 4.57 Å². The van der Waals surface area contributed by atoms with E-state index in [2.05, 4.69) is 0 Å². The summed E-state index contributed by atoms with van der Waals surface area (Å²) in [5.41, 5.74) is 1.69. The molecule has 10 heteroatoms. The molecule has 0 N–H and O–H groups in total. The highest BCUT2D eigenvalue weighted by Crippen LogP contribution is 2.26. The lowest BCUT2D eigenvalue weighted by molar-refractivity contribution is -0.688. The van der Waals surface area contributed by atoms with Gasteiger partial charge in [0.05, 0.1) is 21.5 Å². The molecule has 0 aliphatic heterocycles. The molecule has 168 valence electrons. The molecule has 3 rings (SSSR count). The predicted molar refractivity (Wildman–Crippen MR) is 119 cm³/mol. The lowest BCUT2D eigenvalue weighted by Crippen LogP contribution is -2.36. The first kappa shape index (κ1) is 24.0. The SMILES string of the molecule is CN(Cc1ccc[n+](Cc2ccc(S(=O)(=O)F)cc2)c1)C(=O)COc1ccc(Cl)c(Cl)c1. The summed E-state index contributed by atoms with van der Waals surface area (Å²) in [5.74, 6) is 0.236. The molecule has 0 saturated heterocycles. The fourth-order valence-corrected chi connectivity index (χ4v) is 3.67. The molecule has 0 bridgehead atoms. The van der Waals surface area contributed by atoms with Crippen LogP contribution in [0.2, 0.25) is 10.0 Å². The van der Waals surface area contributed by atoms with E-state index >= 15 is 0 Å². The molecule has 2 aromatic carbocycles. The lowest BCUT2D eigenvalue weighted by atomic mass is 10.2. The smallest absolute Gasteiger partial charge is 0.332 e. The molecule has 32 heavy (non-hydrogen) atoms. The molecule has 3 aromatic rings. The van der Waals surface area contributed by atoms with Gasteiger partial charge in [-0.1, -0.05) is 35.3 Å². The minimum absolute atomic E-state index is 0.148. The summed E-state index contributed by atoms with van der Waals surface area (Å²) in [4.78, 5) is 13.6. The topological polar surface area (TPSA) is 67.6 Å². The van der Waals surface area contributed by atoms with E-state index in [1.54, 1.807) is 37.4 Å². The van der Waals surface area contributed by atoms with Gasteiger partial charge < -0.3 is 9.64 Å². The van der Waals surface area contributed by atoms with E-state index in [-0.39, 0.29) is 17.4 Å². The molecule has 0 saturated carbocycles. The van der Waals surface area contributed by atoms with Gasteiger partial charge in [0.25, 0.3) is 5.91 Å². The van der Waals surface area contributed by atoms with Crippen molar-refractivity contribution in [2.75, 3.05) is 13.7 Å². The number of pyridine rings is 1. The van der Waals surface area contributed by atoms with Crippen molar-refractivity contribution in [2.45, 2.75) is 18.0 Å². The average molecular weight is 498 g/mol. The summed E-state index contributed by atoms with van der Waals surface area (Å²) < 4.78 is 42.3. The number of nitrogens with zero attached hydrogens (tertiary/aromatic N) is 2. The van der Waals surface area contributed by atoms with Crippen LogP contribution in [0.3, 0.4) is 0 Å². The van der Waals surface area contributed by atoms with Gasteiger partial charge in [0.2, 0.25) is 0 Å². The monoisotopic (exact) mass is 497 g/mol. The van der Waals surface area contributed by atoms with Crippen molar-refractivity contribution in [1.29, 1.82) is 0 Å². The Morgan fingerprint density at radius 2 is 1.78 bits per heavy atom. The third-order valence-electron chi connectivity index (χ3n) is 4.59. The zero-order valence-electron chi connectivity index (χ0n) is 17.0. The van der Waals surface area contributed by atoms with Crippen molar-refractivity contribution in [3.05, 3.63) is 88.2 Å². The Hall–Kier alpha value is -2.68. The van der Waals surface area contributed by atoms with Crippen molar-refractivity contribution in [3.63, 3.8) is 0 Å². The van der Waals surface area contributed by atoms with Gasteiger partial charge in [-0.05, 0) is 30.3 Å². The number of benzene rings is 2. The first-order valence-corrected chi connectivity index (χ1v) is 11.6. The Morgan fingerprint density at radius 1 is 1.06 bits per heavy atom. The van der Waals surface area contributed by atoms with Crippen LogP contribution in [0.4, 0.5) is 3.89 Å². The van der Waals surface area contributed by atoms with E-state index in [0.717, 1.165) is 11.1 Å². The van der Waals surface area contributed by atoms with Crippen LogP contribution in [-0.2, 0) is 28.1 Å². The van der Waals surface area contributed by atoms with E-state index in [0.29, 0.717) is 28.9 Å². The number of aromatic nitrogens is 1. The summed E-state index contributed by atoms with van der Waals surface area (Å²) in [6, 6.07) is 14.1. The van der Waals surface area contributed by atoms with Crippen LogP contribution < -0.4 is 9.30 Å². The summed E-state index contributed by atoms with van der Waals surface area (Å²) in [5, 5.41) is 0.753. The van der Waals surface area contributed by atoms with Crippen LogP contribution in [0, 0.1) is 0 Å². The maximum absolute atomic E-state index is 13.0. The quantitative estimate of drug-likeness (QED) is 0.348. The van der Waals surface area contributed by atoms with Gasteiger partial charge in [0.15, 0.2) is 25.5 Å². The fourth-order valence-electron chi connectivity index (χ4n) is 2.92. The van der Waals surface area contributed by atoms with Crippen LogP contribution in [0.25, 0.3) is 0 Å². The van der Waals surface area contributed by atoms with Gasteiger partial charge in [-0.2, -0.15) is 8.42 Å². The maximum atomic E-state index is 13.0. The number of carbonyl (C=O) groups excluding carboxylic acids is 1. The highest BCUT2D eigenvalue weighted by Gasteiger charge is 2.14. The molecule has 6 nitrogen and oxygen atoms in total. The van der Waals surface area contributed by atoms with Crippen LogP contribution >= 0.6 is 23.2 Å². The summed E-state index contributed by atoms with van der Waals surface area (Å²) >= 11 is 11.8. The Kier molecular flexibility index (Phi) is 7.71. The van der Waals surface area contributed by atoms with E-state index in [4.69, 9.17) is 27.9 Å². The fraction of sp³-hybridized carbons (Fsp3) is 0.182. The first-order valence-electron chi connectivity index (χ1n) is 9.45. The molecule has 0 aliphatic rings. The third kappa shape index (κ3) is 6.66. The molecular formula is C22H20Cl2FN2O4S+. The van der Waals surface area contributed by atoms with Gasteiger partial charge in [0.1, 0.15) is 5.75 Å². The second-order valence-corrected chi connectivity index (χ2v) is 9.24. The number of carbonyl (C=O) groups is 1. The van der Waals surface area contributed by atoms with Crippen molar-refractivity contribution < 1.29 is 26.4 Å². The molecule has 0 radical (unpaired) electrons. The number of likely N-dealkylation sites (N-methyl/N-ethyl adjacent to an activating group) is 1. The summed E-state index contributed by atoms with van der Waals surface area (Å²) in [7, 11) is -3.04. The van der Waals surface area contributed by atoms with E-state index in [1.807, 2.05) is 29.1 Å². The zero-order chi connectivity index (χ0) is 23.3. The van der Waals surface area contributed by atoms with Crippen LogP contribution in [-0.4, -0.2) is 32.9 Å². The van der Waals surface area contributed by atoms with Gasteiger partial charge in [-0.15, -0.1) is 3.89 Å². The number of halogens is 3. The molecular weight excluding hydrogens is 478 g/mol. The molecule has 0 fully saturated rings. The largest absolute Gasteiger partial charge is 0.484 e. The average Bonchev–Trinajstić information content (AvgIpc) is 2.74. The summed E-state index contributed by atoms with van der Waals surface area (Å²) in [6.07, 6.45) is 3.72. The number of rotatable bonds is 8. The standard InChI is InChI=1S/C22H20Cl2FN2O4S/c1-26(22(28)15-31-18-6-9-20(23)21(24)11-18)12-17-3-2-10-27(14-17)13-16-4-7-19(8-5-16)32(25,29)30/h2-11,14H,12-13,15H2,1H3/q+1. The van der Waals surface area contributed by atoms with Crippen molar-refractivity contribution in [1.82, 2.24) is 4.90 Å². The van der Waals surface area contributed by atoms with Crippen LogP contribution in [0.5, 0.6) is 5.75 Å². The van der Waals surface area contributed by atoms with Crippen LogP contribution in [0.1, 0.15) is 11.1 Å². The van der Waals surface area contributed by atoms with Gasteiger partial charge in [-0.3, -0.25) is 4.79 Å². The lowest BCUT2D eigenvalue weighted by Gasteiger charge is -2.17. The van der Waals surface area contributed by atoms with Crippen molar-refractivity contribution in [3.8, 4) is 5.75 Å². The highest BCUT2D eigenvalue weighted by molar-refractivity contribution is 7.86. The Morgan fingerprint density at radius 3 is 2.44 bits per heavy atom. The molecule has 1 amide bonds. The number of amides is 1. The minimum Gasteiger partial charge on any atom is -0.484 e. The van der Waals surface area contributed by atoms with Crippen molar-refractivity contribution >= 4 is 39.3 Å². The molecule has 0 atom stereocenters. The van der Waals surface area contributed by atoms with Gasteiger partial charge >= 0.3 is 10.2 Å². The Labute approximate surface area is 196 Å². The highest BCUT2D eigenvalue weighted by atomic mass is 35.5. The third-order valence-corrected chi connectivity index (χ3v) is 6.16. The molecule has 0 unspecified atom stereocenters. The van der Waals surface area contributed by atoms with E-state index in [9.17, 15) is 17.1 Å². The zero-order valence-corrected chi connectivity index (χ0v) is 19.4. The van der Waals surface area contributed by atoms with E-state index in [1.165, 1.54) is 17.0 Å². The van der Waals surface area contributed by atoms with Gasteiger partial charge in [0, 0.05) is 30.3 Å². The summed E-state index contributed by atoms with van der Waals surface area (Å²) in [6.45, 7) is 0.674. The second kappa shape index (κ2) is 10.3. The predicted octanol–water partition coefficient (Wildman–Crippen LogP) is 4.02. The molecule has 0 spiro atoms. The maximum Gasteiger partial charge on any atom is 0.332 e. The molecule has 0 aliphatic carbocycles. The van der Waals surface area contributed by atoms with E-state index < -0.39 is 10.2 Å². The first-order chi connectivity index (χ1) is 15.1. The van der Waals surface area contributed by atoms with Crippen LogP contribution in [0.15, 0.2) is 71.9 Å². The van der Waals surface area contributed by atoms with Crippen molar-refractivity contribution in [2.24, 2.45) is 0 Å².